The van der Waals surface area contributed by atoms with Gasteiger partial charge in [0.25, 0.3) is 0 Å². The normalized spacial score (nSPS) is 9.29. The van der Waals surface area contributed by atoms with Crippen molar-refractivity contribution < 1.29 is 9.59 Å². The van der Waals surface area contributed by atoms with Crippen molar-refractivity contribution in [3.63, 3.8) is 0 Å². The minimum Gasteiger partial charge on any atom is -0.355 e. The number of carbonyl (C=O) groups excluding carboxylic acids is 2. The highest BCUT2D eigenvalue weighted by molar-refractivity contribution is 5.74. The summed E-state index contributed by atoms with van der Waals surface area (Å²) in [5.41, 5.74) is 0. The molecule has 0 spiro atoms. The summed E-state index contributed by atoms with van der Waals surface area (Å²) < 4.78 is 0. The van der Waals surface area contributed by atoms with Crippen LogP contribution in [0, 0.1) is 0 Å². The van der Waals surface area contributed by atoms with Crippen LogP contribution in [0.3, 0.4) is 0 Å². The molecule has 0 unspecified atom stereocenters. The summed E-state index contributed by atoms with van der Waals surface area (Å²) >= 11 is 0. The zero-order valence-electron chi connectivity index (χ0n) is 8.64. The van der Waals surface area contributed by atoms with E-state index < -0.39 is 0 Å². The average Bonchev–Trinajstić information content (AvgIpc) is 2.13. The van der Waals surface area contributed by atoms with Crippen LogP contribution >= 0.6 is 0 Å². The SMILES string of the molecule is CNCCNC(=O)NCCNC(C)=O. The summed E-state index contributed by atoms with van der Waals surface area (Å²) in [6, 6.07) is -0.217. The van der Waals surface area contributed by atoms with E-state index in [0.29, 0.717) is 19.6 Å². The fraction of sp³-hybridized carbons (Fsp3) is 0.750. The first kappa shape index (κ1) is 12.7. The van der Waals surface area contributed by atoms with E-state index in [1.807, 2.05) is 7.05 Å². The Morgan fingerprint density at radius 1 is 0.929 bits per heavy atom. The Morgan fingerprint density at radius 2 is 1.43 bits per heavy atom. The Labute approximate surface area is 83.8 Å². The fourth-order valence-corrected chi connectivity index (χ4v) is 0.778. The number of nitrogens with one attached hydrogen (secondary N) is 4. The molecule has 0 bridgehead atoms. The maximum Gasteiger partial charge on any atom is 0.314 e. The van der Waals surface area contributed by atoms with Gasteiger partial charge in [-0.05, 0) is 7.05 Å². The number of rotatable bonds is 6. The van der Waals surface area contributed by atoms with Crippen molar-refractivity contribution in [1.29, 1.82) is 0 Å². The molecule has 0 heterocycles. The van der Waals surface area contributed by atoms with Gasteiger partial charge in [-0.25, -0.2) is 4.79 Å². The fourth-order valence-electron chi connectivity index (χ4n) is 0.778. The lowest BCUT2D eigenvalue weighted by Gasteiger charge is -2.07. The molecular formula is C8H18N4O2. The molecule has 4 N–H and O–H groups in total. The van der Waals surface area contributed by atoms with E-state index in [1.54, 1.807) is 0 Å². The van der Waals surface area contributed by atoms with E-state index in [0.717, 1.165) is 6.54 Å². The molecule has 0 aliphatic rings. The van der Waals surface area contributed by atoms with Crippen LogP contribution in [0.25, 0.3) is 0 Å². The summed E-state index contributed by atoms with van der Waals surface area (Å²) in [6.45, 7) is 3.65. The first-order chi connectivity index (χ1) is 6.66. The van der Waals surface area contributed by atoms with Gasteiger partial charge in [0.1, 0.15) is 0 Å². The molecular weight excluding hydrogens is 184 g/mol. The topological polar surface area (TPSA) is 82.3 Å². The molecule has 14 heavy (non-hydrogen) atoms. The second kappa shape index (κ2) is 8.31. The van der Waals surface area contributed by atoms with Gasteiger partial charge in [0, 0.05) is 33.1 Å². The van der Waals surface area contributed by atoms with Gasteiger partial charge < -0.3 is 21.3 Å². The highest BCUT2D eigenvalue weighted by Gasteiger charge is 1.97. The third-order valence-corrected chi connectivity index (χ3v) is 1.45. The molecule has 0 saturated carbocycles. The smallest absolute Gasteiger partial charge is 0.314 e. The number of carbonyl (C=O) groups is 2. The predicted octanol–water partition coefficient (Wildman–Crippen LogP) is -1.36. The van der Waals surface area contributed by atoms with Crippen LogP contribution < -0.4 is 21.3 Å². The molecule has 0 fully saturated rings. The maximum atomic E-state index is 11.0. The van der Waals surface area contributed by atoms with Crippen molar-refractivity contribution in [2.45, 2.75) is 6.92 Å². The first-order valence-corrected chi connectivity index (χ1v) is 4.57. The molecule has 0 aromatic heterocycles. The van der Waals surface area contributed by atoms with Gasteiger partial charge in [-0.3, -0.25) is 4.79 Å². The predicted molar refractivity (Wildman–Crippen MR) is 54.0 cm³/mol. The van der Waals surface area contributed by atoms with Crippen LogP contribution in [0.15, 0.2) is 0 Å². The highest BCUT2D eigenvalue weighted by atomic mass is 16.2. The molecule has 3 amide bonds. The van der Waals surface area contributed by atoms with Gasteiger partial charge in [-0.15, -0.1) is 0 Å². The van der Waals surface area contributed by atoms with Crippen LogP contribution in [-0.4, -0.2) is 45.2 Å². The van der Waals surface area contributed by atoms with Gasteiger partial charge >= 0.3 is 6.03 Å². The van der Waals surface area contributed by atoms with E-state index in [4.69, 9.17) is 0 Å². The van der Waals surface area contributed by atoms with E-state index in [9.17, 15) is 9.59 Å². The van der Waals surface area contributed by atoms with Crippen LogP contribution in [0.2, 0.25) is 0 Å². The summed E-state index contributed by atoms with van der Waals surface area (Å²) in [4.78, 5) is 21.5. The zero-order chi connectivity index (χ0) is 10.8. The number of likely N-dealkylation sites (N-methyl/N-ethyl adjacent to an activating group) is 1. The Balaban J connectivity index is 3.22. The molecule has 0 radical (unpaired) electrons. The lowest BCUT2D eigenvalue weighted by Crippen LogP contribution is -2.41. The molecule has 6 heteroatoms. The van der Waals surface area contributed by atoms with Gasteiger partial charge in [0.15, 0.2) is 0 Å². The monoisotopic (exact) mass is 202 g/mol. The Bertz CT molecular complexity index is 184. The first-order valence-electron chi connectivity index (χ1n) is 4.57. The minimum absolute atomic E-state index is 0.0950. The lowest BCUT2D eigenvalue weighted by atomic mass is 10.5. The zero-order valence-corrected chi connectivity index (χ0v) is 8.64. The summed E-state index contributed by atoms with van der Waals surface area (Å²) in [5.74, 6) is -0.0950. The molecule has 0 aromatic rings. The van der Waals surface area contributed by atoms with E-state index >= 15 is 0 Å². The second-order valence-electron chi connectivity index (χ2n) is 2.77. The quantitative estimate of drug-likeness (QED) is 0.402. The van der Waals surface area contributed by atoms with Gasteiger partial charge in [0.2, 0.25) is 5.91 Å². The van der Waals surface area contributed by atoms with Crippen LogP contribution in [0.1, 0.15) is 6.92 Å². The van der Waals surface area contributed by atoms with Gasteiger partial charge in [-0.2, -0.15) is 0 Å². The Morgan fingerprint density at radius 3 is 1.93 bits per heavy atom. The average molecular weight is 202 g/mol. The standard InChI is InChI=1S/C8H18N4O2/c1-7(13)10-5-6-12-8(14)11-4-3-9-2/h9H,3-6H2,1-2H3,(H,10,13)(H2,11,12,14). The van der Waals surface area contributed by atoms with Crippen molar-refractivity contribution in [3.8, 4) is 0 Å². The van der Waals surface area contributed by atoms with E-state index in [1.165, 1.54) is 6.92 Å². The number of hydrogen-bond acceptors (Lipinski definition) is 3. The molecule has 0 aliphatic heterocycles. The molecule has 0 saturated heterocycles. The molecule has 82 valence electrons. The van der Waals surface area contributed by atoms with E-state index in [2.05, 4.69) is 21.3 Å². The van der Waals surface area contributed by atoms with Gasteiger partial charge in [-0.1, -0.05) is 0 Å². The van der Waals surface area contributed by atoms with Crippen molar-refractivity contribution in [1.82, 2.24) is 21.3 Å². The molecule has 0 aromatic carbocycles. The number of urea groups is 1. The van der Waals surface area contributed by atoms with Crippen molar-refractivity contribution in [2.24, 2.45) is 0 Å². The summed E-state index contributed by atoms with van der Waals surface area (Å²) in [7, 11) is 1.82. The van der Waals surface area contributed by atoms with Gasteiger partial charge in [0.05, 0.1) is 0 Å². The largest absolute Gasteiger partial charge is 0.355 e. The number of hydrogen-bond donors (Lipinski definition) is 4. The number of amides is 3. The van der Waals surface area contributed by atoms with Crippen LogP contribution in [0.5, 0.6) is 0 Å². The Kier molecular flexibility index (Phi) is 7.53. The molecule has 0 rings (SSSR count). The maximum absolute atomic E-state index is 11.0. The second-order valence-corrected chi connectivity index (χ2v) is 2.77. The minimum atomic E-state index is -0.217. The highest BCUT2D eigenvalue weighted by Crippen LogP contribution is 1.65. The van der Waals surface area contributed by atoms with Crippen LogP contribution in [-0.2, 0) is 4.79 Å². The van der Waals surface area contributed by atoms with Crippen LogP contribution in [0.4, 0.5) is 4.79 Å². The molecule has 6 nitrogen and oxygen atoms in total. The van der Waals surface area contributed by atoms with Crippen molar-refractivity contribution in [2.75, 3.05) is 33.2 Å². The van der Waals surface area contributed by atoms with E-state index in [-0.39, 0.29) is 11.9 Å². The summed E-state index contributed by atoms with van der Waals surface area (Å²) in [5, 5.41) is 10.7. The third-order valence-electron chi connectivity index (χ3n) is 1.45. The molecule has 0 aliphatic carbocycles. The van der Waals surface area contributed by atoms with Crippen molar-refractivity contribution in [3.05, 3.63) is 0 Å². The lowest BCUT2D eigenvalue weighted by molar-refractivity contribution is -0.118. The summed E-state index contributed by atoms with van der Waals surface area (Å²) in [6.07, 6.45) is 0. The Hall–Kier alpha value is -1.30. The van der Waals surface area contributed by atoms with Crippen molar-refractivity contribution >= 4 is 11.9 Å². The molecule has 0 atom stereocenters. The third kappa shape index (κ3) is 8.79.